The normalized spacial score (nSPS) is 14.3. The van der Waals surface area contributed by atoms with Crippen LogP contribution >= 0.6 is 27.3 Å². The molecule has 1 aromatic carbocycles. The lowest BCUT2D eigenvalue weighted by molar-refractivity contribution is 0.152. The maximum absolute atomic E-state index is 14.2. The Morgan fingerprint density at radius 2 is 2.26 bits per heavy atom. The van der Waals surface area contributed by atoms with Crippen LogP contribution in [-0.2, 0) is 10.2 Å². The molecule has 1 heterocycles. The van der Waals surface area contributed by atoms with Gasteiger partial charge in [-0.1, -0.05) is 22.0 Å². The number of ether oxygens (including phenoxy) is 1. The van der Waals surface area contributed by atoms with Crippen molar-refractivity contribution in [2.75, 3.05) is 19.5 Å². The average molecular weight is 345 g/mol. The minimum absolute atomic E-state index is 0.291. The molecule has 0 fully saturated rings. The summed E-state index contributed by atoms with van der Waals surface area (Å²) in [5.74, 6) is -0.291. The van der Waals surface area contributed by atoms with E-state index in [0.717, 1.165) is 5.69 Å². The predicted octanol–water partition coefficient (Wildman–Crippen LogP) is 3.58. The second-order valence-electron chi connectivity index (χ2n) is 4.46. The SMILES string of the molecule is COCC(C)(c1csc(N)n1)c1ccc(Br)cc1F. The summed E-state index contributed by atoms with van der Waals surface area (Å²) < 4.78 is 20.2. The first kappa shape index (κ1) is 14.4. The standard InChI is InChI=1S/C13H14BrFN2OS/c1-13(7-18-2,11-6-19-12(16)17-11)9-4-3-8(14)5-10(9)15/h3-6H,7H2,1-2H3,(H2,16,17). The maximum atomic E-state index is 14.2. The summed E-state index contributed by atoms with van der Waals surface area (Å²) in [6.07, 6.45) is 0. The Labute approximate surface area is 123 Å². The molecule has 1 unspecified atom stereocenters. The Kier molecular flexibility index (Phi) is 4.23. The summed E-state index contributed by atoms with van der Waals surface area (Å²) in [5, 5.41) is 2.31. The van der Waals surface area contributed by atoms with Crippen LogP contribution in [0.5, 0.6) is 0 Å². The van der Waals surface area contributed by atoms with Crippen LogP contribution in [-0.4, -0.2) is 18.7 Å². The van der Waals surface area contributed by atoms with Gasteiger partial charge in [0.2, 0.25) is 0 Å². The summed E-state index contributed by atoms with van der Waals surface area (Å²) in [7, 11) is 1.59. The smallest absolute Gasteiger partial charge is 0.180 e. The molecule has 0 aliphatic carbocycles. The van der Waals surface area contributed by atoms with Gasteiger partial charge >= 0.3 is 0 Å². The molecule has 0 aliphatic rings. The molecule has 1 aromatic heterocycles. The van der Waals surface area contributed by atoms with Crippen molar-refractivity contribution in [1.29, 1.82) is 0 Å². The van der Waals surface area contributed by atoms with Gasteiger partial charge in [-0.3, -0.25) is 0 Å². The number of hydrogen-bond acceptors (Lipinski definition) is 4. The van der Waals surface area contributed by atoms with Gasteiger partial charge in [0.15, 0.2) is 5.13 Å². The molecule has 2 rings (SSSR count). The van der Waals surface area contributed by atoms with Crippen LogP contribution in [0.25, 0.3) is 0 Å². The molecule has 2 aromatic rings. The average Bonchev–Trinajstić information content (AvgIpc) is 2.76. The summed E-state index contributed by atoms with van der Waals surface area (Å²) in [4.78, 5) is 4.28. The lowest BCUT2D eigenvalue weighted by atomic mass is 9.80. The molecule has 0 amide bonds. The largest absolute Gasteiger partial charge is 0.383 e. The first-order valence-electron chi connectivity index (χ1n) is 5.63. The third-order valence-corrected chi connectivity index (χ3v) is 4.21. The molecule has 0 bridgehead atoms. The van der Waals surface area contributed by atoms with Crippen LogP contribution in [0, 0.1) is 5.82 Å². The second kappa shape index (κ2) is 5.56. The number of nitrogens with two attached hydrogens (primary N) is 1. The van der Waals surface area contributed by atoms with Crippen molar-refractivity contribution in [1.82, 2.24) is 4.98 Å². The van der Waals surface area contributed by atoms with Gasteiger partial charge < -0.3 is 10.5 Å². The van der Waals surface area contributed by atoms with Gasteiger partial charge in [0.05, 0.1) is 17.7 Å². The minimum Gasteiger partial charge on any atom is -0.383 e. The molecular formula is C13H14BrFN2OS. The molecule has 102 valence electrons. The van der Waals surface area contributed by atoms with Crippen molar-refractivity contribution < 1.29 is 9.13 Å². The highest BCUT2D eigenvalue weighted by molar-refractivity contribution is 9.10. The zero-order valence-electron chi connectivity index (χ0n) is 10.6. The highest BCUT2D eigenvalue weighted by atomic mass is 79.9. The molecule has 0 spiro atoms. The van der Waals surface area contributed by atoms with Crippen LogP contribution < -0.4 is 5.73 Å². The van der Waals surface area contributed by atoms with Gasteiger partial charge in [-0.15, -0.1) is 11.3 Å². The lowest BCUT2D eigenvalue weighted by Crippen LogP contribution is -2.31. The Hall–Kier alpha value is -0.980. The van der Waals surface area contributed by atoms with E-state index in [2.05, 4.69) is 20.9 Å². The van der Waals surface area contributed by atoms with Crippen molar-refractivity contribution in [2.45, 2.75) is 12.3 Å². The molecular weight excluding hydrogens is 331 g/mol. The van der Waals surface area contributed by atoms with E-state index in [1.165, 1.54) is 17.4 Å². The Morgan fingerprint density at radius 3 is 2.79 bits per heavy atom. The number of methoxy groups -OCH3 is 1. The number of thiazole rings is 1. The third kappa shape index (κ3) is 2.80. The molecule has 0 aliphatic heterocycles. The van der Waals surface area contributed by atoms with E-state index in [0.29, 0.717) is 21.8 Å². The number of aromatic nitrogens is 1. The summed E-state index contributed by atoms with van der Waals surface area (Å²) in [5.41, 5.74) is 6.28. The summed E-state index contributed by atoms with van der Waals surface area (Å²) >= 11 is 4.60. The topological polar surface area (TPSA) is 48.1 Å². The first-order chi connectivity index (χ1) is 8.97. The van der Waals surface area contributed by atoms with E-state index in [1.54, 1.807) is 13.2 Å². The van der Waals surface area contributed by atoms with Crippen LogP contribution in [0.4, 0.5) is 9.52 Å². The Bertz CT molecular complexity index is 590. The number of rotatable bonds is 4. The van der Waals surface area contributed by atoms with E-state index in [1.807, 2.05) is 18.4 Å². The number of benzene rings is 1. The van der Waals surface area contributed by atoms with Crippen molar-refractivity contribution in [2.24, 2.45) is 0 Å². The summed E-state index contributed by atoms with van der Waals surface area (Å²) in [6.45, 7) is 2.23. The van der Waals surface area contributed by atoms with Gasteiger partial charge in [-0.25, -0.2) is 9.37 Å². The molecule has 0 saturated heterocycles. The highest BCUT2D eigenvalue weighted by Crippen LogP contribution is 2.35. The van der Waals surface area contributed by atoms with Gasteiger partial charge in [0.1, 0.15) is 5.82 Å². The quantitative estimate of drug-likeness (QED) is 0.921. The van der Waals surface area contributed by atoms with Crippen LogP contribution in [0.2, 0.25) is 0 Å². The van der Waals surface area contributed by atoms with Gasteiger partial charge in [0.25, 0.3) is 0 Å². The second-order valence-corrected chi connectivity index (χ2v) is 6.27. The van der Waals surface area contributed by atoms with Crippen molar-refractivity contribution >= 4 is 32.4 Å². The fourth-order valence-electron chi connectivity index (χ4n) is 2.06. The number of nitrogens with zero attached hydrogens (tertiary/aromatic N) is 1. The van der Waals surface area contributed by atoms with Crippen molar-refractivity contribution in [3.63, 3.8) is 0 Å². The fraction of sp³-hybridized carbons (Fsp3) is 0.308. The Morgan fingerprint density at radius 1 is 1.53 bits per heavy atom. The lowest BCUT2D eigenvalue weighted by Gasteiger charge is -2.28. The van der Waals surface area contributed by atoms with Gasteiger partial charge in [-0.05, 0) is 19.1 Å². The predicted molar refractivity (Wildman–Crippen MR) is 79.0 cm³/mol. The minimum atomic E-state index is -0.659. The Balaban J connectivity index is 2.55. The van der Waals surface area contributed by atoms with Crippen LogP contribution in [0.15, 0.2) is 28.1 Å². The zero-order chi connectivity index (χ0) is 14.0. The molecule has 19 heavy (non-hydrogen) atoms. The van der Waals surface area contributed by atoms with Crippen molar-refractivity contribution in [3.8, 4) is 0 Å². The maximum Gasteiger partial charge on any atom is 0.180 e. The van der Waals surface area contributed by atoms with E-state index in [4.69, 9.17) is 10.5 Å². The monoisotopic (exact) mass is 344 g/mol. The molecule has 6 heteroatoms. The first-order valence-corrected chi connectivity index (χ1v) is 7.30. The van der Waals surface area contributed by atoms with E-state index in [-0.39, 0.29) is 5.82 Å². The van der Waals surface area contributed by atoms with Gasteiger partial charge in [-0.2, -0.15) is 0 Å². The van der Waals surface area contributed by atoms with Crippen molar-refractivity contribution in [3.05, 3.63) is 45.1 Å². The molecule has 1 atom stereocenters. The molecule has 3 nitrogen and oxygen atoms in total. The van der Waals surface area contributed by atoms with E-state index in [9.17, 15) is 4.39 Å². The zero-order valence-corrected chi connectivity index (χ0v) is 13.0. The third-order valence-electron chi connectivity index (χ3n) is 3.05. The highest BCUT2D eigenvalue weighted by Gasteiger charge is 2.34. The number of halogens is 2. The molecule has 0 saturated carbocycles. The van der Waals surface area contributed by atoms with Crippen LogP contribution in [0.3, 0.4) is 0 Å². The number of hydrogen-bond donors (Lipinski definition) is 1. The number of anilines is 1. The van der Waals surface area contributed by atoms with Crippen LogP contribution in [0.1, 0.15) is 18.2 Å². The fourth-order valence-corrected chi connectivity index (χ4v) is 3.09. The molecule has 2 N–H and O–H groups in total. The summed E-state index contributed by atoms with van der Waals surface area (Å²) in [6, 6.07) is 5.00. The number of nitrogen functional groups attached to an aromatic ring is 1. The molecule has 0 radical (unpaired) electrons. The van der Waals surface area contributed by atoms with Gasteiger partial charge in [0, 0.05) is 22.5 Å². The van der Waals surface area contributed by atoms with E-state index >= 15 is 0 Å². The van der Waals surface area contributed by atoms with E-state index < -0.39 is 5.41 Å².